The zero-order valence-electron chi connectivity index (χ0n) is 10.4. The molecule has 0 bridgehead atoms. The normalized spacial score (nSPS) is 21.2. The van der Waals surface area contributed by atoms with Crippen molar-refractivity contribution in [2.45, 2.75) is 51.0 Å². The summed E-state index contributed by atoms with van der Waals surface area (Å²) in [6.45, 7) is 1.99. The van der Waals surface area contributed by atoms with Crippen molar-refractivity contribution in [1.29, 1.82) is 5.26 Å². The molecule has 0 aromatic heterocycles. The van der Waals surface area contributed by atoms with E-state index in [2.05, 4.69) is 6.07 Å². The van der Waals surface area contributed by atoms with E-state index in [-0.39, 0.29) is 12.6 Å². The van der Waals surface area contributed by atoms with Crippen LogP contribution >= 0.6 is 0 Å². The first-order valence-electron chi connectivity index (χ1n) is 6.75. The Morgan fingerprint density at radius 2 is 1.82 bits per heavy atom. The summed E-state index contributed by atoms with van der Waals surface area (Å²) in [5.41, 5.74) is 0. The van der Waals surface area contributed by atoms with E-state index in [1.807, 2.05) is 4.90 Å². The van der Waals surface area contributed by atoms with Gasteiger partial charge in [0.15, 0.2) is 0 Å². The molecule has 2 fully saturated rings. The van der Waals surface area contributed by atoms with Gasteiger partial charge in [0.1, 0.15) is 6.54 Å². The van der Waals surface area contributed by atoms with Crippen molar-refractivity contribution < 1.29 is 4.79 Å². The molecule has 1 heterocycles. The number of carbonyl (C=O) groups is 1. The maximum Gasteiger partial charge on any atom is 0.321 e. The predicted octanol–water partition coefficient (Wildman–Crippen LogP) is 2.36. The molecule has 0 spiro atoms. The van der Waals surface area contributed by atoms with Crippen LogP contribution < -0.4 is 0 Å². The van der Waals surface area contributed by atoms with Gasteiger partial charge in [-0.2, -0.15) is 5.26 Å². The Balaban J connectivity index is 1.98. The average molecular weight is 235 g/mol. The van der Waals surface area contributed by atoms with E-state index in [9.17, 15) is 4.79 Å². The molecule has 2 aliphatic rings. The Bertz CT molecular complexity index is 298. The topological polar surface area (TPSA) is 47.3 Å². The Kier molecular flexibility index (Phi) is 4.24. The van der Waals surface area contributed by atoms with Crippen LogP contribution in [0.5, 0.6) is 0 Å². The summed E-state index contributed by atoms with van der Waals surface area (Å²) in [6.07, 6.45) is 7.97. The molecule has 1 aliphatic heterocycles. The fourth-order valence-corrected chi connectivity index (χ4v) is 2.91. The summed E-state index contributed by atoms with van der Waals surface area (Å²) in [7, 11) is 0. The highest BCUT2D eigenvalue weighted by Crippen LogP contribution is 2.25. The maximum absolute atomic E-state index is 12.4. The van der Waals surface area contributed by atoms with E-state index in [0.717, 1.165) is 38.8 Å². The van der Waals surface area contributed by atoms with E-state index in [0.29, 0.717) is 6.04 Å². The minimum Gasteiger partial charge on any atom is -0.325 e. The van der Waals surface area contributed by atoms with Crippen LogP contribution in [0.2, 0.25) is 0 Å². The van der Waals surface area contributed by atoms with Gasteiger partial charge in [0.2, 0.25) is 0 Å². The monoisotopic (exact) mass is 235 g/mol. The molecule has 2 rings (SSSR count). The van der Waals surface area contributed by atoms with E-state index in [1.165, 1.54) is 19.3 Å². The van der Waals surface area contributed by atoms with Gasteiger partial charge in [-0.1, -0.05) is 12.8 Å². The first-order chi connectivity index (χ1) is 8.33. The van der Waals surface area contributed by atoms with E-state index >= 15 is 0 Å². The van der Waals surface area contributed by atoms with Gasteiger partial charge < -0.3 is 9.80 Å². The minimum absolute atomic E-state index is 0.0955. The lowest BCUT2D eigenvalue weighted by atomic mass is 10.1. The van der Waals surface area contributed by atoms with Crippen molar-refractivity contribution in [3.8, 4) is 6.07 Å². The number of piperidine rings is 1. The maximum atomic E-state index is 12.4. The lowest BCUT2D eigenvalue weighted by Crippen LogP contribution is -2.49. The molecule has 0 aromatic rings. The Morgan fingerprint density at radius 3 is 2.41 bits per heavy atom. The van der Waals surface area contributed by atoms with Gasteiger partial charge in [0, 0.05) is 19.1 Å². The number of amides is 2. The second-order valence-electron chi connectivity index (χ2n) is 5.05. The van der Waals surface area contributed by atoms with Gasteiger partial charge in [-0.25, -0.2) is 4.79 Å². The van der Waals surface area contributed by atoms with E-state index in [1.54, 1.807) is 4.90 Å². The molecule has 0 radical (unpaired) electrons. The SMILES string of the molecule is N#CCN(C(=O)N1CCCCC1)C1CCCC1. The number of urea groups is 1. The molecular formula is C13H21N3O. The van der Waals surface area contributed by atoms with Gasteiger partial charge >= 0.3 is 6.03 Å². The lowest BCUT2D eigenvalue weighted by Gasteiger charge is -2.34. The van der Waals surface area contributed by atoms with Crippen LogP contribution in [0.25, 0.3) is 0 Å². The quantitative estimate of drug-likeness (QED) is 0.690. The highest BCUT2D eigenvalue weighted by Gasteiger charge is 2.30. The van der Waals surface area contributed by atoms with Crippen molar-refractivity contribution in [1.82, 2.24) is 9.80 Å². The highest BCUT2D eigenvalue weighted by molar-refractivity contribution is 5.75. The first-order valence-corrected chi connectivity index (χ1v) is 6.75. The van der Waals surface area contributed by atoms with Crippen molar-refractivity contribution >= 4 is 6.03 Å². The molecule has 1 aliphatic carbocycles. The molecule has 1 saturated carbocycles. The summed E-state index contributed by atoms with van der Waals surface area (Å²) >= 11 is 0. The Labute approximate surface area is 103 Å². The summed E-state index contributed by atoms with van der Waals surface area (Å²) in [5, 5.41) is 8.88. The predicted molar refractivity (Wildman–Crippen MR) is 65.4 cm³/mol. The third-order valence-electron chi connectivity index (χ3n) is 3.88. The zero-order chi connectivity index (χ0) is 12.1. The lowest BCUT2D eigenvalue weighted by molar-refractivity contribution is 0.132. The standard InChI is InChI=1S/C13H21N3O/c14-8-11-16(12-6-2-3-7-12)13(17)15-9-4-1-5-10-15/h12H,1-7,9-11H2. The third-order valence-corrected chi connectivity index (χ3v) is 3.88. The van der Waals surface area contributed by atoms with Crippen molar-refractivity contribution in [3.05, 3.63) is 0 Å². The second-order valence-corrected chi connectivity index (χ2v) is 5.05. The molecule has 1 saturated heterocycles. The third kappa shape index (κ3) is 2.91. The van der Waals surface area contributed by atoms with Crippen molar-refractivity contribution in [2.24, 2.45) is 0 Å². The molecule has 2 amide bonds. The fourth-order valence-electron chi connectivity index (χ4n) is 2.91. The van der Waals surface area contributed by atoms with Crippen LogP contribution in [0.4, 0.5) is 4.79 Å². The largest absolute Gasteiger partial charge is 0.325 e. The van der Waals surface area contributed by atoms with Crippen LogP contribution in [0.15, 0.2) is 0 Å². The van der Waals surface area contributed by atoms with E-state index < -0.39 is 0 Å². The second kappa shape index (κ2) is 5.90. The van der Waals surface area contributed by atoms with Crippen LogP contribution in [0.1, 0.15) is 44.9 Å². The van der Waals surface area contributed by atoms with Crippen molar-refractivity contribution in [2.75, 3.05) is 19.6 Å². The highest BCUT2D eigenvalue weighted by atomic mass is 16.2. The summed E-state index contributed by atoms with van der Waals surface area (Å²) in [4.78, 5) is 16.1. The molecule has 0 atom stereocenters. The van der Waals surface area contributed by atoms with Crippen molar-refractivity contribution in [3.63, 3.8) is 0 Å². The van der Waals surface area contributed by atoms with Gasteiger partial charge in [0.05, 0.1) is 6.07 Å². The van der Waals surface area contributed by atoms with Gasteiger partial charge in [0.25, 0.3) is 0 Å². The summed E-state index contributed by atoms with van der Waals surface area (Å²) < 4.78 is 0. The number of hydrogen-bond acceptors (Lipinski definition) is 2. The van der Waals surface area contributed by atoms with Gasteiger partial charge in [-0.15, -0.1) is 0 Å². The number of carbonyl (C=O) groups excluding carboxylic acids is 1. The first kappa shape index (κ1) is 12.2. The zero-order valence-corrected chi connectivity index (χ0v) is 10.4. The molecule has 0 N–H and O–H groups in total. The minimum atomic E-state index is 0.0955. The van der Waals surface area contributed by atoms with E-state index in [4.69, 9.17) is 5.26 Å². The number of likely N-dealkylation sites (tertiary alicyclic amines) is 1. The van der Waals surface area contributed by atoms with Crippen LogP contribution in [0, 0.1) is 11.3 Å². The summed E-state index contributed by atoms with van der Waals surface area (Å²) in [6, 6.07) is 2.55. The molecule has 4 heteroatoms. The molecule has 94 valence electrons. The van der Waals surface area contributed by atoms with Crippen LogP contribution in [0.3, 0.4) is 0 Å². The van der Waals surface area contributed by atoms with Gasteiger partial charge in [-0.05, 0) is 32.1 Å². The molecule has 0 aromatic carbocycles. The number of nitriles is 1. The molecule has 4 nitrogen and oxygen atoms in total. The van der Waals surface area contributed by atoms with Crippen LogP contribution in [-0.2, 0) is 0 Å². The number of nitrogens with zero attached hydrogens (tertiary/aromatic N) is 3. The Morgan fingerprint density at radius 1 is 1.18 bits per heavy atom. The number of rotatable bonds is 2. The molecule has 0 unspecified atom stereocenters. The smallest absolute Gasteiger partial charge is 0.321 e. The summed E-state index contributed by atoms with van der Waals surface area (Å²) in [5.74, 6) is 0. The fraction of sp³-hybridized carbons (Fsp3) is 0.846. The Hall–Kier alpha value is -1.24. The molecule has 17 heavy (non-hydrogen) atoms. The van der Waals surface area contributed by atoms with Gasteiger partial charge in [-0.3, -0.25) is 0 Å². The average Bonchev–Trinajstić information content (AvgIpc) is 2.90. The number of hydrogen-bond donors (Lipinski definition) is 0. The van der Waals surface area contributed by atoms with Crippen LogP contribution in [-0.4, -0.2) is 41.5 Å². The molecular weight excluding hydrogens is 214 g/mol.